The minimum atomic E-state index is -0.537. The number of methoxy groups -OCH3 is 1. The van der Waals surface area contributed by atoms with Gasteiger partial charge >= 0.3 is 5.97 Å². The SMILES string of the molecule is CNC1(C(=O)OC)CCCC(Sc2nc(C)ns2)C1. The summed E-state index contributed by atoms with van der Waals surface area (Å²) in [5, 5.41) is 3.55. The molecule has 1 aliphatic carbocycles. The van der Waals surface area contributed by atoms with Crippen molar-refractivity contribution in [2.24, 2.45) is 0 Å². The Morgan fingerprint density at radius 2 is 2.42 bits per heavy atom. The number of aromatic nitrogens is 2. The molecule has 1 saturated carbocycles. The predicted molar refractivity (Wildman–Crippen MR) is 76.6 cm³/mol. The first kappa shape index (κ1) is 14.7. The summed E-state index contributed by atoms with van der Waals surface area (Å²) < 4.78 is 10.1. The van der Waals surface area contributed by atoms with Crippen LogP contribution in [0.3, 0.4) is 0 Å². The summed E-state index contributed by atoms with van der Waals surface area (Å²) in [5.41, 5.74) is -0.537. The van der Waals surface area contributed by atoms with Crippen molar-refractivity contribution >= 4 is 29.3 Å². The highest BCUT2D eigenvalue weighted by molar-refractivity contribution is 8.01. The third-order valence-electron chi connectivity index (χ3n) is 3.54. The van der Waals surface area contributed by atoms with E-state index < -0.39 is 5.54 Å². The van der Waals surface area contributed by atoms with Crippen LogP contribution in [-0.4, -0.2) is 40.3 Å². The number of ether oxygens (including phenoxy) is 1. The number of hydrogen-bond donors (Lipinski definition) is 1. The highest BCUT2D eigenvalue weighted by atomic mass is 32.2. The number of esters is 1. The van der Waals surface area contributed by atoms with Crippen LogP contribution >= 0.6 is 23.3 Å². The molecule has 0 radical (unpaired) electrons. The van der Waals surface area contributed by atoms with E-state index in [2.05, 4.69) is 14.7 Å². The first-order valence-corrected chi connectivity index (χ1v) is 7.99. The summed E-state index contributed by atoms with van der Waals surface area (Å²) in [7, 11) is 3.28. The lowest BCUT2D eigenvalue weighted by Crippen LogP contribution is -2.54. The number of carbonyl (C=O) groups is 1. The zero-order chi connectivity index (χ0) is 13.9. The van der Waals surface area contributed by atoms with Crippen LogP contribution in [0, 0.1) is 6.92 Å². The van der Waals surface area contributed by atoms with E-state index in [0.717, 1.165) is 35.8 Å². The van der Waals surface area contributed by atoms with Gasteiger partial charge in [0.05, 0.1) is 7.11 Å². The summed E-state index contributed by atoms with van der Waals surface area (Å²) in [5.74, 6) is 0.657. The Bertz CT molecular complexity index is 452. The van der Waals surface area contributed by atoms with Crippen molar-refractivity contribution in [1.82, 2.24) is 14.7 Å². The second-order valence-corrected chi connectivity index (χ2v) is 7.07. The van der Waals surface area contributed by atoms with Gasteiger partial charge in [-0.3, -0.25) is 4.79 Å². The fraction of sp³-hybridized carbons (Fsp3) is 0.750. The first-order valence-electron chi connectivity index (χ1n) is 6.34. The molecule has 2 unspecified atom stereocenters. The van der Waals surface area contributed by atoms with Crippen LogP contribution in [0.1, 0.15) is 31.5 Å². The number of hydrogen-bond acceptors (Lipinski definition) is 7. The third-order valence-corrected chi connectivity index (χ3v) is 5.68. The van der Waals surface area contributed by atoms with E-state index in [1.807, 2.05) is 14.0 Å². The summed E-state index contributed by atoms with van der Waals surface area (Å²) in [6, 6.07) is 0. The Morgan fingerprint density at radius 1 is 1.63 bits per heavy atom. The fourth-order valence-corrected chi connectivity index (χ4v) is 4.74. The predicted octanol–water partition coefficient (Wildman–Crippen LogP) is 2.01. The lowest BCUT2D eigenvalue weighted by atomic mass is 9.81. The largest absolute Gasteiger partial charge is 0.468 e. The van der Waals surface area contributed by atoms with Crippen molar-refractivity contribution in [3.05, 3.63) is 5.82 Å². The molecule has 1 N–H and O–H groups in total. The maximum absolute atomic E-state index is 12.0. The van der Waals surface area contributed by atoms with Gasteiger partial charge < -0.3 is 10.1 Å². The number of carbonyl (C=O) groups excluding carboxylic acids is 1. The van der Waals surface area contributed by atoms with E-state index in [1.165, 1.54) is 18.6 Å². The third kappa shape index (κ3) is 3.27. The summed E-state index contributed by atoms with van der Waals surface area (Å²) in [6.07, 6.45) is 3.73. The average molecular weight is 301 g/mol. The molecular formula is C12H19N3O2S2. The van der Waals surface area contributed by atoms with Gasteiger partial charge in [0.1, 0.15) is 11.4 Å². The molecule has 106 valence electrons. The van der Waals surface area contributed by atoms with Gasteiger partial charge in [-0.05, 0) is 51.2 Å². The minimum absolute atomic E-state index is 0.159. The molecule has 2 rings (SSSR count). The van der Waals surface area contributed by atoms with Gasteiger partial charge in [0.15, 0.2) is 4.34 Å². The Kier molecular flexibility index (Phi) is 4.81. The van der Waals surface area contributed by atoms with E-state index in [-0.39, 0.29) is 5.97 Å². The van der Waals surface area contributed by atoms with E-state index >= 15 is 0 Å². The van der Waals surface area contributed by atoms with Crippen molar-refractivity contribution in [2.45, 2.75) is 47.7 Å². The van der Waals surface area contributed by atoms with Gasteiger partial charge in [-0.25, -0.2) is 4.98 Å². The van der Waals surface area contributed by atoms with E-state index in [0.29, 0.717) is 5.25 Å². The Balaban J connectivity index is 2.05. The molecule has 1 aromatic rings. The van der Waals surface area contributed by atoms with Gasteiger partial charge in [0, 0.05) is 5.25 Å². The Labute approximate surface area is 121 Å². The fourth-order valence-electron chi connectivity index (χ4n) is 2.50. The van der Waals surface area contributed by atoms with E-state index in [1.54, 1.807) is 11.8 Å². The zero-order valence-corrected chi connectivity index (χ0v) is 13.1. The number of nitrogens with zero attached hydrogens (tertiary/aromatic N) is 2. The van der Waals surface area contributed by atoms with Crippen LogP contribution in [0.5, 0.6) is 0 Å². The molecule has 0 spiro atoms. The van der Waals surface area contributed by atoms with Crippen LogP contribution in [0.2, 0.25) is 0 Å². The van der Waals surface area contributed by atoms with Gasteiger partial charge in [-0.1, -0.05) is 11.8 Å². The van der Waals surface area contributed by atoms with Crippen molar-refractivity contribution in [2.75, 3.05) is 14.2 Å². The topological polar surface area (TPSA) is 64.1 Å². The van der Waals surface area contributed by atoms with Crippen molar-refractivity contribution in [3.63, 3.8) is 0 Å². The van der Waals surface area contributed by atoms with Gasteiger partial charge in [-0.2, -0.15) is 4.37 Å². The highest BCUT2D eigenvalue weighted by Crippen LogP contribution is 2.39. The van der Waals surface area contributed by atoms with Crippen molar-refractivity contribution in [1.29, 1.82) is 0 Å². The van der Waals surface area contributed by atoms with Crippen LogP contribution in [0.4, 0.5) is 0 Å². The standard InChI is InChI=1S/C12H19N3O2S2/c1-8-14-11(19-15-8)18-9-5-4-6-12(7-9,13-2)10(16)17-3/h9,13H,4-7H2,1-3H3. The molecule has 0 amide bonds. The smallest absolute Gasteiger partial charge is 0.326 e. The van der Waals surface area contributed by atoms with Crippen LogP contribution in [0.25, 0.3) is 0 Å². The van der Waals surface area contributed by atoms with E-state index in [4.69, 9.17) is 4.74 Å². The molecule has 2 atom stereocenters. The average Bonchev–Trinajstić information content (AvgIpc) is 2.83. The lowest BCUT2D eigenvalue weighted by molar-refractivity contribution is -0.149. The Morgan fingerprint density at radius 3 is 3.00 bits per heavy atom. The maximum Gasteiger partial charge on any atom is 0.326 e. The molecule has 0 aromatic carbocycles. The molecule has 1 aliphatic rings. The quantitative estimate of drug-likeness (QED) is 0.858. The Hall–Kier alpha value is -0.660. The molecule has 7 heteroatoms. The lowest BCUT2D eigenvalue weighted by Gasteiger charge is -2.37. The summed E-state index contributed by atoms with van der Waals surface area (Å²) in [4.78, 5) is 16.4. The van der Waals surface area contributed by atoms with E-state index in [9.17, 15) is 4.79 Å². The van der Waals surface area contributed by atoms with Crippen LogP contribution < -0.4 is 5.32 Å². The molecule has 0 saturated heterocycles. The van der Waals surface area contributed by atoms with Gasteiger partial charge in [-0.15, -0.1) is 0 Å². The molecule has 0 bridgehead atoms. The summed E-state index contributed by atoms with van der Waals surface area (Å²) >= 11 is 3.16. The molecule has 0 aliphatic heterocycles. The number of rotatable bonds is 4. The van der Waals surface area contributed by atoms with Gasteiger partial charge in [0.2, 0.25) is 0 Å². The van der Waals surface area contributed by atoms with Crippen LogP contribution in [-0.2, 0) is 9.53 Å². The zero-order valence-electron chi connectivity index (χ0n) is 11.4. The number of nitrogens with one attached hydrogen (secondary N) is 1. The van der Waals surface area contributed by atoms with Crippen molar-refractivity contribution in [3.8, 4) is 0 Å². The normalized spacial score (nSPS) is 27.2. The minimum Gasteiger partial charge on any atom is -0.468 e. The first-order chi connectivity index (χ1) is 9.09. The number of likely N-dealkylation sites (N-methyl/N-ethyl adjacent to an activating group) is 1. The number of thioether (sulfide) groups is 1. The molecule has 1 heterocycles. The molecule has 1 aromatic heterocycles. The van der Waals surface area contributed by atoms with Gasteiger partial charge in [0.25, 0.3) is 0 Å². The second kappa shape index (κ2) is 6.19. The molecule has 5 nitrogen and oxygen atoms in total. The monoisotopic (exact) mass is 301 g/mol. The molecule has 1 fully saturated rings. The number of aryl methyl sites for hydroxylation is 1. The summed E-state index contributed by atoms with van der Waals surface area (Å²) in [6.45, 7) is 1.90. The molecular weight excluding hydrogens is 282 g/mol. The molecule has 19 heavy (non-hydrogen) atoms. The maximum atomic E-state index is 12.0. The second-order valence-electron chi connectivity index (χ2n) is 4.77. The van der Waals surface area contributed by atoms with Crippen LogP contribution in [0.15, 0.2) is 4.34 Å². The highest BCUT2D eigenvalue weighted by Gasteiger charge is 2.43. The van der Waals surface area contributed by atoms with Crippen molar-refractivity contribution < 1.29 is 9.53 Å².